The molecule has 0 fully saturated rings. The maximum absolute atomic E-state index is 6.09. The average Bonchev–Trinajstić information content (AvgIpc) is 3.12. The summed E-state index contributed by atoms with van der Waals surface area (Å²) in [4.78, 5) is 1.18. The highest BCUT2D eigenvalue weighted by atomic mass is 79.9. The maximum atomic E-state index is 6.09. The van der Waals surface area contributed by atoms with E-state index in [1.807, 2.05) is 36.4 Å². The predicted molar refractivity (Wildman–Crippen MR) is 90.9 cm³/mol. The van der Waals surface area contributed by atoms with Gasteiger partial charge in [0.1, 0.15) is 10.1 Å². The molecule has 0 bridgehead atoms. The zero-order valence-corrected chi connectivity index (χ0v) is 14.2. The second-order valence-corrected chi connectivity index (χ2v) is 7.17. The van der Waals surface area contributed by atoms with Gasteiger partial charge < -0.3 is 4.42 Å². The second kappa shape index (κ2) is 6.79. The van der Waals surface area contributed by atoms with Crippen LogP contribution in [0.25, 0.3) is 0 Å². The Morgan fingerprint density at radius 3 is 2.62 bits per heavy atom. The molecule has 0 aliphatic carbocycles. The monoisotopic (exact) mass is 381 g/mol. The lowest BCUT2D eigenvalue weighted by Gasteiger charge is -2.16. The topological polar surface area (TPSA) is 25.2 Å². The molecule has 1 atom stereocenters. The summed E-state index contributed by atoms with van der Waals surface area (Å²) in [5.41, 5.74) is 1.18. The number of nitrogens with one attached hydrogen (secondary N) is 1. The molecule has 1 unspecified atom stereocenters. The number of furan rings is 1. The van der Waals surface area contributed by atoms with Crippen LogP contribution in [0.2, 0.25) is 4.34 Å². The van der Waals surface area contributed by atoms with Crippen LogP contribution in [0.4, 0.5) is 0 Å². The van der Waals surface area contributed by atoms with E-state index in [-0.39, 0.29) is 6.04 Å². The van der Waals surface area contributed by atoms with Crippen LogP contribution in [0.3, 0.4) is 0 Å². The Hall–Kier alpha value is -1.07. The maximum Gasteiger partial charge on any atom is 0.125 e. The molecule has 0 saturated heterocycles. The summed E-state index contributed by atoms with van der Waals surface area (Å²) >= 11 is 11.1. The molecule has 108 valence electrons. The van der Waals surface area contributed by atoms with Crippen molar-refractivity contribution in [1.29, 1.82) is 0 Å². The minimum absolute atomic E-state index is 0.0286. The van der Waals surface area contributed by atoms with Crippen molar-refractivity contribution in [2.45, 2.75) is 12.6 Å². The molecular formula is C16H13BrClNOS. The zero-order valence-electron chi connectivity index (χ0n) is 11.1. The van der Waals surface area contributed by atoms with Crippen molar-refractivity contribution in [3.05, 3.63) is 79.8 Å². The van der Waals surface area contributed by atoms with E-state index in [1.165, 1.54) is 10.4 Å². The van der Waals surface area contributed by atoms with Gasteiger partial charge >= 0.3 is 0 Å². The van der Waals surface area contributed by atoms with E-state index in [0.29, 0.717) is 0 Å². The molecule has 0 saturated carbocycles. The Balaban J connectivity index is 1.80. The van der Waals surface area contributed by atoms with E-state index in [4.69, 9.17) is 16.0 Å². The Bertz CT molecular complexity index is 677. The first kappa shape index (κ1) is 14.9. The van der Waals surface area contributed by atoms with Crippen LogP contribution in [0.1, 0.15) is 22.2 Å². The fourth-order valence-electron chi connectivity index (χ4n) is 2.16. The van der Waals surface area contributed by atoms with Gasteiger partial charge in [0.2, 0.25) is 0 Å². The molecule has 2 nitrogen and oxygen atoms in total. The van der Waals surface area contributed by atoms with Crippen LogP contribution in [0.5, 0.6) is 0 Å². The normalized spacial score (nSPS) is 12.5. The van der Waals surface area contributed by atoms with E-state index < -0.39 is 0 Å². The third-order valence-electron chi connectivity index (χ3n) is 3.14. The number of thiophene rings is 1. The van der Waals surface area contributed by atoms with Gasteiger partial charge in [-0.15, -0.1) is 11.3 Å². The molecule has 3 rings (SSSR count). The molecule has 1 N–H and O–H groups in total. The largest absolute Gasteiger partial charge is 0.467 e. The Kier molecular flexibility index (Phi) is 4.80. The Morgan fingerprint density at radius 2 is 2.00 bits per heavy atom. The van der Waals surface area contributed by atoms with Crippen molar-refractivity contribution < 1.29 is 4.42 Å². The minimum Gasteiger partial charge on any atom is -0.467 e. The summed E-state index contributed by atoms with van der Waals surface area (Å²) in [7, 11) is 0. The third-order valence-corrected chi connectivity index (χ3v) is 5.61. The number of hydrogen-bond donors (Lipinski definition) is 1. The molecule has 0 amide bonds. The first-order valence-corrected chi connectivity index (χ1v) is 8.48. The number of hydrogen-bond acceptors (Lipinski definition) is 3. The van der Waals surface area contributed by atoms with Crippen molar-refractivity contribution in [3.63, 3.8) is 0 Å². The lowest BCUT2D eigenvalue weighted by atomic mass is 10.0. The molecule has 3 aromatic rings. The van der Waals surface area contributed by atoms with Crippen LogP contribution in [-0.2, 0) is 6.54 Å². The Morgan fingerprint density at radius 1 is 1.19 bits per heavy atom. The highest BCUT2D eigenvalue weighted by Crippen LogP contribution is 2.32. The summed E-state index contributed by atoms with van der Waals surface area (Å²) in [5, 5.41) is 3.53. The van der Waals surface area contributed by atoms with E-state index in [2.05, 4.69) is 33.4 Å². The van der Waals surface area contributed by atoms with Gasteiger partial charge in [-0.1, -0.05) is 41.9 Å². The van der Waals surface area contributed by atoms with Crippen LogP contribution in [-0.4, -0.2) is 0 Å². The van der Waals surface area contributed by atoms with E-state index in [1.54, 1.807) is 17.6 Å². The number of rotatable bonds is 5. The quantitative estimate of drug-likeness (QED) is 0.618. The lowest BCUT2D eigenvalue weighted by Crippen LogP contribution is -2.21. The molecule has 0 spiro atoms. The van der Waals surface area contributed by atoms with Gasteiger partial charge in [0.15, 0.2) is 0 Å². The molecule has 0 aliphatic rings. The average molecular weight is 383 g/mol. The molecular weight excluding hydrogens is 370 g/mol. The van der Waals surface area contributed by atoms with Crippen LogP contribution in [0.15, 0.2) is 63.7 Å². The van der Waals surface area contributed by atoms with Crippen molar-refractivity contribution in [2.75, 3.05) is 0 Å². The van der Waals surface area contributed by atoms with Gasteiger partial charge in [-0.2, -0.15) is 0 Å². The van der Waals surface area contributed by atoms with Crippen LogP contribution in [0, 0.1) is 0 Å². The Labute approximate surface area is 140 Å². The van der Waals surface area contributed by atoms with E-state index >= 15 is 0 Å². The van der Waals surface area contributed by atoms with Crippen LogP contribution < -0.4 is 5.32 Å². The van der Waals surface area contributed by atoms with Gasteiger partial charge in [0.25, 0.3) is 0 Å². The van der Waals surface area contributed by atoms with Gasteiger partial charge in [-0.3, -0.25) is 5.32 Å². The van der Waals surface area contributed by atoms with Gasteiger partial charge in [0, 0.05) is 15.9 Å². The number of benzene rings is 1. The molecule has 2 aromatic heterocycles. The summed E-state index contributed by atoms with van der Waals surface area (Å²) in [6.45, 7) is 0.732. The molecule has 0 aliphatic heterocycles. The SMILES string of the molecule is Clc1sc(CNC(c2ccccc2)c2ccco2)cc1Br. The highest BCUT2D eigenvalue weighted by molar-refractivity contribution is 9.10. The molecule has 1 aromatic carbocycles. The summed E-state index contributed by atoms with van der Waals surface area (Å²) in [6, 6.07) is 16.2. The first-order chi connectivity index (χ1) is 10.2. The van der Waals surface area contributed by atoms with E-state index in [9.17, 15) is 0 Å². The van der Waals surface area contributed by atoms with Gasteiger partial charge in [-0.25, -0.2) is 0 Å². The molecule has 21 heavy (non-hydrogen) atoms. The first-order valence-electron chi connectivity index (χ1n) is 6.49. The molecule has 0 radical (unpaired) electrons. The van der Waals surface area contributed by atoms with E-state index in [0.717, 1.165) is 21.1 Å². The fraction of sp³-hybridized carbons (Fsp3) is 0.125. The lowest BCUT2D eigenvalue weighted by molar-refractivity contribution is 0.447. The summed E-state index contributed by atoms with van der Waals surface area (Å²) < 4.78 is 7.30. The molecule has 5 heteroatoms. The van der Waals surface area contributed by atoms with Gasteiger partial charge in [0.05, 0.1) is 12.3 Å². The van der Waals surface area contributed by atoms with Crippen molar-refractivity contribution in [3.8, 4) is 0 Å². The summed E-state index contributed by atoms with van der Waals surface area (Å²) in [5.74, 6) is 0.905. The smallest absolute Gasteiger partial charge is 0.125 e. The zero-order chi connectivity index (χ0) is 14.7. The van der Waals surface area contributed by atoms with Gasteiger partial charge in [-0.05, 0) is 39.7 Å². The second-order valence-electron chi connectivity index (χ2n) is 4.57. The number of halogens is 2. The fourth-order valence-corrected chi connectivity index (χ4v) is 3.91. The minimum atomic E-state index is 0.0286. The molecule has 2 heterocycles. The standard InChI is InChI=1S/C16H13BrClNOS/c17-13-9-12(21-16(13)18)10-19-15(14-7-4-8-20-14)11-5-2-1-3-6-11/h1-9,15,19H,10H2. The van der Waals surface area contributed by atoms with Crippen LogP contribution >= 0.6 is 38.9 Å². The summed E-state index contributed by atoms with van der Waals surface area (Å²) in [6.07, 6.45) is 1.70. The van der Waals surface area contributed by atoms with Crippen molar-refractivity contribution >= 4 is 38.9 Å². The van der Waals surface area contributed by atoms with Crippen molar-refractivity contribution in [2.24, 2.45) is 0 Å². The third kappa shape index (κ3) is 3.58. The van der Waals surface area contributed by atoms with Crippen molar-refractivity contribution in [1.82, 2.24) is 5.32 Å². The highest BCUT2D eigenvalue weighted by Gasteiger charge is 2.16. The predicted octanol–water partition coefficient (Wildman–Crippen LogP) is 5.64.